The fraction of sp³-hybridized carbons (Fsp3) is 0.364. The van der Waals surface area contributed by atoms with Crippen LogP contribution in [0, 0.1) is 0 Å². The Bertz CT molecular complexity index is 1200. The predicted molar refractivity (Wildman–Crippen MR) is 123 cm³/mol. The first-order valence-corrected chi connectivity index (χ1v) is 11.7. The topological polar surface area (TPSA) is 103 Å². The van der Waals surface area contributed by atoms with Gasteiger partial charge in [-0.15, -0.1) is 0 Å². The highest BCUT2D eigenvalue weighted by Crippen LogP contribution is 2.29. The van der Waals surface area contributed by atoms with Gasteiger partial charge in [0.15, 0.2) is 0 Å². The van der Waals surface area contributed by atoms with Crippen molar-refractivity contribution >= 4 is 32.7 Å². The summed E-state index contributed by atoms with van der Waals surface area (Å²) in [6.07, 6.45) is 1.81. The molecule has 0 aliphatic rings. The van der Waals surface area contributed by atoms with Crippen LogP contribution in [0.2, 0.25) is 0 Å². The van der Waals surface area contributed by atoms with Crippen LogP contribution in [0.1, 0.15) is 20.3 Å². The van der Waals surface area contributed by atoms with Crippen LogP contribution >= 0.6 is 0 Å². The number of nitrogens with one attached hydrogen (secondary N) is 1. The second-order valence-corrected chi connectivity index (χ2v) is 8.98. The van der Waals surface area contributed by atoms with E-state index in [4.69, 9.17) is 9.47 Å². The van der Waals surface area contributed by atoms with Gasteiger partial charge in [0.1, 0.15) is 11.5 Å². The third kappa shape index (κ3) is 4.86. The summed E-state index contributed by atoms with van der Waals surface area (Å²) >= 11 is 0. The summed E-state index contributed by atoms with van der Waals surface area (Å²) in [5, 5.41) is 2.84. The number of sulfonamides is 1. The Morgan fingerprint density at radius 3 is 2.50 bits per heavy atom. The quantitative estimate of drug-likeness (QED) is 0.499. The minimum atomic E-state index is -3.56. The number of ether oxygens (including phenoxy) is 2. The molecule has 9 nitrogen and oxygen atoms in total. The lowest BCUT2D eigenvalue weighted by Crippen LogP contribution is -2.30. The molecule has 0 aliphatic carbocycles. The Hall–Kier alpha value is -3.11. The molecular weight excluding hydrogens is 432 g/mol. The second-order valence-electron chi connectivity index (χ2n) is 7.04. The number of hydrogen-bond donors (Lipinski definition) is 1. The molecule has 1 amide bonds. The van der Waals surface area contributed by atoms with Gasteiger partial charge in [0.25, 0.3) is 0 Å². The van der Waals surface area contributed by atoms with Crippen LogP contribution in [0.4, 0.5) is 5.69 Å². The Balaban J connectivity index is 1.73. The number of hydrogen-bond acceptors (Lipinski definition) is 6. The van der Waals surface area contributed by atoms with Gasteiger partial charge in [-0.2, -0.15) is 4.31 Å². The van der Waals surface area contributed by atoms with Gasteiger partial charge in [-0.05, 0) is 30.3 Å². The number of benzene rings is 2. The van der Waals surface area contributed by atoms with Crippen LogP contribution in [0.3, 0.4) is 0 Å². The van der Waals surface area contributed by atoms with Crippen LogP contribution in [0.25, 0.3) is 11.0 Å². The number of amides is 1. The van der Waals surface area contributed by atoms with Crippen molar-refractivity contribution in [3.63, 3.8) is 0 Å². The molecule has 0 unspecified atom stereocenters. The molecule has 0 atom stereocenters. The number of nitrogens with zero attached hydrogens (tertiary/aromatic N) is 3. The molecule has 0 saturated heterocycles. The predicted octanol–water partition coefficient (Wildman–Crippen LogP) is 3.11. The van der Waals surface area contributed by atoms with Crippen LogP contribution in [0.15, 0.2) is 47.6 Å². The minimum absolute atomic E-state index is 0.195. The molecule has 0 saturated carbocycles. The maximum Gasteiger partial charge on any atom is 0.243 e. The normalized spacial score (nSPS) is 11.7. The Morgan fingerprint density at radius 2 is 1.84 bits per heavy atom. The number of aromatic nitrogens is 2. The van der Waals surface area contributed by atoms with Crippen molar-refractivity contribution < 1.29 is 22.7 Å². The Labute approximate surface area is 188 Å². The summed E-state index contributed by atoms with van der Waals surface area (Å²) in [7, 11) is -0.475. The third-order valence-electron chi connectivity index (χ3n) is 5.20. The van der Waals surface area contributed by atoms with E-state index in [1.165, 1.54) is 11.4 Å². The molecule has 1 heterocycles. The molecule has 10 heteroatoms. The van der Waals surface area contributed by atoms with E-state index in [0.29, 0.717) is 42.3 Å². The highest BCUT2D eigenvalue weighted by Gasteiger charge is 2.22. The number of anilines is 1. The Morgan fingerprint density at radius 1 is 1.09 bits per heavy atom. The van der Waals surface area contributed by atoms with Crippen LogP contribution < -0.4 is 14.8 Å². The van der Waals surface area contributed by atoms with Gasteiger partial charge >= 0.3 is 0 Å². The number of imidazole rings is 1. The molecule has 172 valence electrons. The molecule has 0 spiro atoms. The van der Waals surface area contributed by atoms with Crippen molar-refractivity contribution in [1.29, 1.82) is 0 Å². The lowest BCUT2D eigenvalue weighted by atomic mass is 10.2. The molecule has 0 radical (unpaired) electrons. The van der Waals surface area contributed by atoms with Gasteiger partial charge < -0.3 is 19.4 Å². The monoisotopic (exact) mass is 460 g/mol. The smallest absolute Gasteiger partial charge is 0.243 e. The molecule has 3 rings (SSSR count). The summed E-state index contributed by atoms with van der Waals surface area (Å²) in [5.41, 5.74) is 1.85. The van der Waals surface area contributed by atoms with Crippen molar-refractivity contribution in [2.24, 2.45) is 0 Å². The molecular formula is C22H28N4O5S. The molecule has 32 heavy (non-hydrogen) atoms. The zero-order chi connectivity index (χ0) is 23.3. The van der Waals surface area contributed by atoms with Crippen molar-refractivity contribution in [3.8, 4) is 11.5 Å². The summed E-state index contributed by atoms with van der Waals surface area (Å²) in [6, 6.07) is 10.0. The van der Waals surface area contributed by atoms with Gasteiger partial charge in [-0.25, -0.2) is 13.4 Å². The highest BCUT2D eigenvalue weighted by molar-refractivity contribution is 7.89. The lowest BCUT2D eigenvalue weighted by molar-refractivity contribution is -0.116. The van der Waals surface area contributed by atoms with Gasteiger partial charge in [-0.1, -0.05) is 13.8 Å². The van der Waals surface area contributed by atoms with Crippen molar-refractivity contribution in [2.75, 3.05) is 32.6 Å². The average molecular weight is 461 g/mol. The van der Waals surface area contributed by atoms with Gasteiger partial charge in [0.05, 0.1) is 42.2 Å². The van der Waals surface area contributed by atoms with Crippen molar-refractivity contribution in [1.82, 2.24) is 13.9 Å². The van der Waals surface area contributed by atoms with E-state index in [0.717, 1.165) is 5.52 Å². The molecule has 2 aromatic carbocycles. The van der Waals surface area contributed by atoms with Gasteiger partial charge in [0, 0.05) is 32.1 Å². The highest BCUT2D eigenvalue weighted by atomic mass is 32.2. The fourth-order valence-electron chi connectivity index (χ4n) is 3.44. The SMILES string of the molecule is CCN(CC)S(=O)(=O)c1ccc2c(c1)ncn2CCC(=O)Nc1cc(OC)ccc1OC. The molecule has 0 aliphatic heterocycles. The molecule has 1 aromatic heterocycles. The third-order valence-corrected chi connectivity index (χ3v) is 7.24. The first-order valence-electron chi connectivity index (χ1n) is 10.3. The molecule has 0 bridgehead atoms. The zero-order valence-corrected chi connectivity index (χ0v) is 19.5. The number of methoxy groups -OCH3 is 2. The number of carbonyl (C=O) groups is 1. The fourth-order valence-corrected chi connectivity index (χ4v) is 4.92. The number of rotatable bonds is 10. The zero-order valence-electron chi connectivity index (χ0n) is 18.7. The molecule has 1 N–H and O–H groups in total. The van der Waals surface area contributed by atoms with E-state index in [1.54, 1.807) is 63.7 Å². The number of carbonyl (C=O) groups excluding carboxylic acids is 1. The van der Waals surface area contributed by atoms with Gasteiger partial charge in [-0.3, -0.25) is 4.79 Å². The second kappa shape index (κ2) is 10.0. The minimum Gasteiger partial charge on any atom is -0.497 e. The van der Waals surface area contributed by atoms with Gasteiger partial charge in [0.2, 0.25) is 15.9 Å². The van der Waals surface area contributed by atoms with Crippen LogP contribution in [0.5, 0.6) is 11.5 Å². The van der Waals surface area contributed by atoms with E-state index in [9.17, 15) is 13.2 Å². The first-order chi connectivity index (χ1) is 15.3. The maximum absolute atomic E-state index is 12.8. The van der Waals surface area contributed by atoms with E-state index in [-0.39, 0.29) is 17.2 Å². The molecule has 0 fully saturated rings. The van der Waals surface area contributed by atoms with E-state index in [1.807, 2.05) is 4.57 Å². The average Bonchev–Trinajstić information content (AvgIpc) is 3.20. The summed E-state index contributed by atoms with van der Waals surface area (Å²) in [5.74, 6) is 0.950. The lowest BCUT2D eigenvalue weighted by Gasteiger charge is -2.18. The van der Waals surface area contributed by atoms with Crippen LogP contribution in [-0.4, -0.2) is 55.5 Å². The maximum atomic E-state index is 12.8. The molecule has 3 aromatic rings. The summed E-state index contributed by atoms with van der Waals surface area (Å²) < 4.78 is 39.2. The summed E-state index contributed by atoms with van der Waals surface area (Å²) in [6.45, 7) is 4.80. The number of aryl methyl sites for hydroxylation is 1. The first kappa shape index (κ1) is 23.6. The Kier molecular flexibility index (Phi) is 7.37. The summed E-state index contributed by atoms with van der Waals surface area (Å²) in [4.78, 5) is 17.0. The van der Waals surface area contributed by atoms with Crippen molar-refractivity contribution in [3.05, 3.63) is 42.7 Å². The van der Waals surface area contributed by atoms with E-state index < -0.39 is 10.0 Å². The largest absolute Gasteiger partial charge is 0.497 e. The number of fused-ring (bicyclic) bond motifs is 1. The van der Waals surface area contributed by atoms with E-state index >= 15 is 0 Å². The standard InChI is InChI=1S/C22H28N4O5S/c1-5-26(6-2)32(28,29)17-8-9-20-18(14-17)23-15-25(20)12-11-22(27)24-19-13-16(30-3)7-10-21(19)31-4/h7-10,13-15H,5-6,11-12H2,1-4H3,(H,24,27). The van der Waals surface area contributed by atoms with Crippen molar-refractivity contribution in [2.45, 2.75) is 31.7 Å². The van der Waals surface area contributed by atoms with Crippen LogP contribution in [-0.2, 0) is 21.4 Å². The van der Waals surface area contributed by atoms with E-state index in [2.05, 4.69) is 10.3 Å².